The molecule has 2 aromatic carbocycles. The van der Waals surface area contributed by atoms with Gasteiger partial charge in [-0.25, -0.2) is 13.4 Å². The Morgan fingerprint density at radius 1 is 1.03 bits per heavy atom. The number of fused-ring (bicyclic) bond motifs is 1. The summed E-state index contributed by atoms with van der Waals surface area (Å²) in [6.45, 7) is 8.05. The summed E-state index contributed by atoms with van der Waals surface area (Å²) in [5.74, 6) is -0.0664. The zero-order valence-electron chi connectivity index (χ0n) is 17.3. The SMILES string of the molecule is Cc1cccc2sc(N3CCN(C(=O)c4ccc(S(=O)(=O)C(C)C)cc4)CC3)nc12. The van der Waals surface area contributed by atoms with Gasteiger partial charge in [0.2, 0.25) is 0 Å². The lowest BCUT2D eigenvalue weighted by atomic mass is 10.2. The predicted molar refractivity (Wildman–Crippen MR) is 121 cm³/mol. The Kier molecular flexibility index (Phi) is 5.55. The topological polar surface area (TPSA) is 70.6 Å². The van der Waals surface area contributed by atoms with Gasteiger partial charge in [-0.2, -0.15) is 0 Å². The number of para-hydroxylation sites is 1. The lowest BCUT2D eigenvalue weighted by Gasteiger charge is -2.34. The highest BCUT2D eigenvalue weighted by atomic mass is 32.2. The second kappa shape index (κ2) is 8.00. The molecular weight excluding hydrogens is 418 g/mol. The molecule has 0 unspecified atom stereocenters. The number of thiazole rings is 1. The van der Waals surface area contributed by atoms with Gasteiger partial charge in [0.05, 0.1) is 20.4 Å². The molecule has 158 valence electrons. The minimum atomic E-state index is -3.33. The minimum Gasteiger partial charge on any atom is -0.345 e. The fraction of sp³-hybridized carbons (Fsp3) is 0.364. The molecule has 6 nitrogen and oxygen atoms in total. The molecular formula is C22H25N3O3S2. The number of rotatable bonds is 4. The van der Waals surface area contributed by atoms with Gasteiger partial charge in [0.15, 0.2) is 15.0 Å². The average Bonchev–Trinajstić information content (AvgIpc) is 3.19. The van der Waals surface area contributed by atoms with Gasteiger partial charge in [-0.3, -0.25) is 4.79 Å². The van der Waals surface area contributed by atoms with Gasteiger partial charge in [0, 0.05) is 31.7 Å². The van der Waals surface area contributed by atoms with Crippen molar-refractivity contribution in [3.8, 4) is 0 Å². The molecule has 3 aromatic rings. The molecule has 0 saturated carbocycles. The molecule has 1 aliphatic rings. The third-order valence-electron chi connectivity index (χ3n) is 5.50. The van der Waals surface area contributed by atoms with Gasteiger partial charge in [-0.15, -0.1) is 0 Å². The van der Waals surface area contributed by atoms with Crippen molar-refractivity contribution in [3.63, 3.8) is 0 Å². The van der Waals surface area contributed by atoms with E-state index in [0.29, 0.717) is 18.7 Å². The van der Waals surface area contributed by atoms with E-state index in [4.69, 9.17) is 4.98 Å². The number of nitrogens with zero attached hydrogens (tertiary/aromatic N) is 3. The molecule has 1 fully saturated rings. The highest BCUT2D eigenvalue weighted by Crippen LogP contribution is 2.31. The van der Waals surface area contributed by atoms with E-state index >= 15 is 0 Å². The van der Waals surface area contributed by atoms with Crippen LogP contribution in [0.15, 0.2) is 47.4 Å². The van der Waals surface area contributed by atoms with Crippen molar-refractivity contribution in [2.75, 3.05) is 31.1 Å². The van der Waals surface area contributed by atoms with Crippen LogP contribution in [0, 0.1) is 6.92 Å². The number of hydrogen-bond acceptors (Lipinski definition) is 6. The van der Waals surface area contributed by atoms with Crippen LogP contribution in [0.2, 0.25) is 0 Å². The zero-order valence-corrected chi connectivity index (χ0v) is 19.0. The van der Waals surface area contributed by atoms with E-state index in [1.807, 2.05) is 11.0 Å². The zero-order chi connectivity index (χ0) is 21.5. The molecule has 4 rings (SSSR count). The molecule has 1 aliphatic heterocycles. The first kappa shape index (κ1) is 20.8. The molecule has 0 aliphatic carbocycles. The summed E-state index contributed by atoms with van der Waals surface area (Å²) >= 11 is 1.68. The molecule has 0 spiro atoms. The van der Waals surface area contributed by atoms with Crippen LogP contribution in [-0.4, -0.2) is 55.6 Å². The summed E-state index contributed by atoms with van der Waals surface area (Å²) in [5, 5.41) is 0.507. The van der Waals surface area contributed by atoms with Crippen LogP contribution in [0.5, 0.6) is 0 Å². The molecule has 1 saturated heterocycles. The maximum atomic E-state index is 12.9. The van der Waals surface area contributed by atoms with Gasteiger partial charge >= 0.3 is 0 Å². The first-order valence-electron chi connectivity index (χ1n) is 10.0. The van der Waals surface area contributed by atoms with Gasteiger partial charge in [0.1, 0.15) is 0 Å². The number of piperazine rings is 1. The summed E-state index contributed by atoms with van der Waals surface area (Å²) in [7, 11) is -3.33. The highest BCUT2D eigenvalue weighted by Gasteiger charge is 2.25. The van der Waals surface area contributed by atoms with Crippen LogP contribution in [0.1, 0.15) is 29.8 Å². The summed E-state index contributed by atoms with van der Waals surface area (Å²) in [6.07, 6.45) is 0. The van der Waals surface area contributed by atoms with E-state index in [9.17, 15) is 13.2 Å². The normalized spacial score (nSPS) is 15.2. The summed E-state index contributed by atoms with van der Waals surface area (Å²) in [5.41, 5.74) is 2.74. The Morgan fingerprint density at radius 2 is 1.70 bits per heavy atom. The fourth-order valence-corrected chi connectivity index (χ4v) is 5.71. The number of aromatic nitrogens is 1. The molecule has 1 amide bonds. The number of carbonyl (C=O) groups is 1. The first-order valence-corrected chi connectivity index (χ1v) is 12.4. The van der Waals surface area contributed by atoms with Crippen LogP contribution < -0.4 is 4.90 Å². The molecule has 2 heterocycles. The Hall–Kier alpha value is -2.45. The van der Waals surface area contributed by atoms with E-state index in [2.05, 4.69) is 24.0 Å². The van der Waals surface area contributed by atoms with E-state index in [0.717, 1.165) is 23.7 Å². The molecule has 0 radical (unpaired) electrons. The van der Waals surface area contributed by atoms with Crippen LogP contribution >= 0.6 is 11.3 Å². The molecule has 0 bridgehead atoms. The van der Waals surface area contributed by atoms with E-state index < -0.39 is 15.1 Å². The predicted octanol–water partition coefficient (Wildman–Crippen LogP) is 3.75. The van der Waals surface area contributed by atoms with Crippen LogP contribution in [0.3, 0.4) is 0 Å². The van der Waals surface area contributed by atoms with Crippen LogP contribution in [0.4, 0.5) is 5.13 Å². The Balaban J connectivity index is 1.43. The number of sulfone groups is 1. The molecule has 0 atom stereocenters. The number of anilines is 1. The lowest BCUT2D eigenvalue weighted by molar-refractivity contribution is 0.0746. The van der Waals surface area contributed by atoms with Crippen molar-refractivity contribution >= 4 is 42.4 Å². The number of amides is 1. The van der Waals surface area contributed by atoms with E-state index in [-0.39, 0.29) is 10.8 Å². The maximum absolute atomic E-state index is 12.9. The summed E-state index contributed by atoms with van der Waals surface area (Å²) in [4.78, 5) is 22.0. The van der Waals surface area contributed by atoms with Crippen molar-refractivity contribution in [1.82, 2.24) is 9.88 Å². The standard InChI is InChI=1S/C22H25N3O3S2/c1-15(2)30(27,28)18-9-7-17(8-10-18)21(26)24-11-13-25(14-12-24)22-23-20-16(3)5-4-6-19(20)29-22/h4-10,15H,11-14H2,1-3H3. The van der Waals surface area contributed by atoms with Gasteiger partial charge in [0.25, 0.3) is 5.91 Å². The average molecular weight is 444 g/mol. The first-order chi connectivity index (χ1) is 14.3. The van der Waals surface area contributed by atoms with Crippen molar-refractivity contribution in [1.29, 1.82) is 0 Å². The second-order valence-electron chi connectivity index (χ2n) is 7.82. The third-order valence-corrected chi connectivity index (χ3v) is 8.75. The highest BCUT2D eigenvalue weighted by molar-refractivity contribution is 7.92. The van der Waals surface area contributed by atoms with E-state index in [1.165, 1.54) is 22.4 Å². The minimum absolute atomic E-state index is 0.0664. The number of benzene rings is 2. The monoisotopic (exact) mass is 443 g/mol. The van der Waals surface area contributed by atoms with Gasteiger partial charge < -0.3 is 9.80 Å². The number of hydrogen-bond donors (Lipinski definition) is 0. The molecule has 30 heavy (non-hydrogen) atoms. The number of carbonyl (C=O) groups excluding carboxylic acids is 1. The van der Waals surface area contributed by atoms with Gasteiger partial charge in [-0.05, 0) is 56.7 Å². The molecule has 1 aromatic heterocycles. The van der Waals surface area contributed by atoms with E-state index in [1.54, 1.807) is 37.3 Å². The smallest absolute Gasteiger partial charge is 0.253 e. The largest absolute Gasteiger partial charge is 0.345 e. The number of aryl methyl sites for hydroxylation is 1. The lowest BCUT2D eigenvalue weighted by Crippen LogP contribution is -2.48. The maximum Gasteiger partial charge on any atom is 0.253 e. The van der Waals surface area contributed by atoms with Crippen molar-refractivity contribution < 1.29 is 13.2 Å². The second-order valence-corrected chi connectivity index (χ2v) is 11.3. The van der Waals surface area contributed by atoms with Crippen molar-refractivity contribution in [3.05, 3.63) is 53.6 Å². The van der Waals surface area contributed by atoms with Crippen LogP contribution in [-0.2, 0) is 9.84 Å². The quantitative estimate of drug-likeness (QED) is 0.614. The Labute approximate surface area is 181 Å². The summed E-state index contributed by atoms with van der Waals surface area (Å²) in [6, 6.07) is 12.5. The Bertz CT molecular complexity index is 1180. The molecule has 0 N–H and O–H groups in total. The fourth-order valence-electron chi connectivity index (χ4n) is 3.55. The Morgan fingerprint density at radius 3 is 2.30 bits per heavy atom. The molecule has 8 heteroatoms. The van der Waals surface area contributed by atoms with Crippen LogP contribution in [0.25, 0.3) is 10.2 Å². The van der Waals surface area contributed by atoms with Gasteiger partial charge in [-0.1, -0.05) is 23.5 Å². The third kappa shape index (κ3) is 3.81. The van der Waals surface area contributed by atoms with Crippen molar-refractivity contribution in [2.24, 2.45) is 0 Å². The summed E-state index contributed by atoms with van der Waals surface area (Å²) < 4.78 is 25.7. The van der Waals surface area contributed by atoms with Crippen molar-refractivity contribution in [2.45, 2.75) is 30.9 Å².